The zero-order valence-corrected chi connectivity index (χ0v) is 18.8. The van der Waals surface area contributed by atoms with Crippen LogP contribution in [0.5, 0.6) is 5.75 Å². The molecule has 0 fully saturated rings. The lowest BCUT2D eigenvalue weighted by Crippen LogP contribution is -2.20. The average molecular weight is 486 g/mol. The number of H-pyrrole nitrogens is 1. The summed E-state index contributed by atoms with van der Waals surface area (Å²) in [6, 6.07) is 13.1. The van der Waals surface area contributed by atoms with Gasteiger partial charge in [-0.2, -0.15) is 29.4 Å². The molecular weight excluding hydrogens is 469 g/mol. The van der Waals surface area contributed by atoms with E-state index in [2.05, 4.69) is 15.1 Å². The van der Waals surface area contributed by atoms with Crippen LogP contribution in [0.1, 0.15) is 11.4 Å². The van der Waals surface area contributed by atoms with Gasteiger partial charge in [0.2, 0.25) is 5.89 Å². The van der Waals surface area contributed by atoms with Gasteiger partial charge in [-0.25, -0.2) is 9.97 Å². The molecule has 2 aromatic carbocycles. The fourth-order valence-electron chi connectivity index (χ4n) is 3.85. The van der Waals surface area contributed by atoms with Gasteiger partial charge in [0.25, 0.3) is 5.56 Å². The Morgan fingerprint density at radius 1 is 1.09 bits per heavy atom. The van der Waals surface area contributed by atoms with Crippen LogP contribution in [0.25, 0.3) is 39.3 Å². The zero-order valence-electron chi connectivity index (χ0n) is 17.9. The summed E-state index contributed by atoms with van der Waals surface area (Å²) in [4.78, 5) is 22.5. The SMILES string of the molecule is COc1cccc2oc(-c3c(CSC)nc4c(-c5ccccc5)c(C(F)(F)F)[nH]n4c3=O)nc12. The fraction of sp³-hybridized carbons (Fsp3) is 0.174. The second kappa shape index (κ2) is 8.24. The molecule has 0 aliphatic carbocycles. The van der Waals surface area contributed by atoms with Crippen molar-refractivity contribution >= 4 is 28.5 Å². The Bertz CT molecular complexity index is 1570. The number of alkyl halides is 3. The van der Waals surface area contributed by atoms with E-state index in [0.29, 0.717) is 16.8 Å². The molecule has 0 radical (unpaired) electrons. The van der Waals surface area contributed by atoms with Gasteiger partial charge in [-0.1, -0.05) is 36.4 Å². The molecule has 1 N–H and O–H groups in total. The van der Waals surface area contributed by atoms with E-state index in [9.17, 15) is 18.0 Å². The van der Waals surface area contributed by atoms with Crippen molar-refractivity contribution in [2.45, 2.75) is 11.9 Å². The predicted molar refractivity (Wildman–Crippen MR) is 123 cm³/mol. The van der Waals surface area contributed by atoms with E-state index in [-0.39, 0.29) is 39.7 Å². The lowest BCUT2D eigenvalue weighted by Gasteiger charge is -2.08. The van der Waals surface area contributed by atoms with Crippen molar-refractivity contribution in [3.8, 4) is 28.3 Å². The summed E-state index contributed by atoms with van der Waals surface area (Å²) in [5.74, 6) is 0.663. The standard InChI is InChI=1S/C23H17F3N4O3S/c1-32-14-9-6-10-15-18(14)28-21(33-15)17-13(11-34-2)27-20-16(12-7-4-3-5-8-12)19(23(24,25)26)29-30(20)22(17)31/h3-10,29H,11H2,1-2H3. The first-order valence-corrected chi connectivity index (χ1v) is 11.5. The van der Waals surface area contributed by atoms with E-state index >= 15 is 0 Å². The summed E-state index contributed by atoms with van der Waals surface area (Å²) >= 11 is 1.37. The van der Waals surface area contributed by atoms with Gasteiger partial charge >= 0.3 is 6.18 Å². The van der Waals surface area contributed by atoms with Crippen LogP contribution in [0.2, 0.25) is 0 Å². The molecule has 0 atom stereocenters. The average Bonchev–Trinajstić information content (AvgIpc) is 3.41. The van der Waals surface area contributed by atoms with Crippen LogP contribution < -0.4 is 10.3 Å². The number of hydrogen-bond acceptors (Lipinski definition) is 6. The van der Waals surface area contributed by atoms with Crippen LogP contribution in [0.4, 0.5) is 13.2 Å². The molecule has 0 aliphatic heterocycles. The lowest BCUT2D eigenvalue weighted by molar-refractivity contribution is -0.140. The van der Waals surface area contributed by atoms with E-state index in [4.69, 9.17) is 9.15 Å². The van der Waals surface area contributed by atoms with Crippen molar-refractivity contribution in [1.82, 2.24) is 19.6 Å². The zero-order chi connectivity index (χ0) is 24.0. The van der Waals surface area contributed by atoms with Crippen molar-refractivity contribution in [2.24, 2.45) is 0 Å². The minimum atomic E-state index is -4.74. The summed E-state index contributed by atoms with van der Waals surface area (Å²) in [5.41, 5.74) is -0.804. The Morgan fingerprint density at radius 2 is 1.85 bits per heavy atom. The van der Waals surface area contributed by atoms with Crippen molar-refractivity contribution in [1.29, 1.82) is 0 Å². The third kappa shape index (κ3) is 3.52. The maximum atomic E-state index is 14.0. The smallest absolute Gasteiger partial charge is 0.433 e. The number of thioether (sulfide) groups is 1. The second-order valence-electron chi connectivity index (χ2n) is 7.38. The van der Waals surface area contributed by atoms with E-state index in [0.717, 1.165) is 4.52 Å². The molecule has 34 heavy (non-hydrogen) atoms. The molecule has 0 bridgehead atoms. The van der Waals surface area contributed by atoms with E-state index in [1.54, 1.807) is 54.8 Å². The van der Waals surface area contributed by atoms with Crippen LogP contribution in [-0.4, -0.2) is 32.9 Å². The highest BCUT2D eigenvalue weighted by Crippen LogP contribution is 2.39. The molecule has 11 heteroatoms. The van der Waals surface area contributed by atoms with Crippen LogP contribution in [-0.2, 0) is 11.9 Å². The number of halogens is 3. The first-order valence-electron chi connectivity index (χ1n) is 10.1. The number of nitrogens with zero attached hydrogens (tertiary/aromatic N) is 3. The topological polar surface area (TPSA) is 85.4 Å². The van der Waals surface area contributed by atoms with Gasteiger partial charge in [-0.05, 0) is 24.0 Å². The second-order valence-corrected chi connectivity index (χ2v) is 8.25. The summed E-state index contributed by atoms with van der Waals surface area (Å²) < 4.78 is 53.8. The van der Waals surface area contributed by atoms with Gasteiger partial charge < -0.3 is 9.15 Å². The monoisotopic (exact) mass is 486 g/mol. The highest BCUT2D eigenvalue weighted by Gasteiger charge is 2.38. The molecule has 0 saturated carbocycles. The number of methoxy groups -OCH3 is 1. The molecule has 3 heterocycles. The normalized spacial score (nSPS) is 12.0. The van der Waals surface area contributed by atoms with Crippen molar-refractivity contribution in [3.05, 3.63) is 70.3 Å². The highest BCUT2D eigenvalue weighted by molar-refractivity contribution is 7.97. The molecule has 7 nitrogen and oxygen atoms in total. The number of rotatable bonds is 5. The van der Waals surface area contributed by atoms with Crippen LogP contribution in [0.15, 0.2) is 57.7 Å². The van der Waals surface area contributed by atoms with Gasteiger partial charge in [-0.3, -0.25) is 9.89 Å². The Kier molecular flexibility index (Phi) is 5.35. The molecule has 0 unspecified atom stereocenters. The van der Waals surface area contributed by atoms with Gasteiger partial charge in [0.15, 0.2) is 16.7 Å². The van der Waals surface area contributed by atoms with Crippen molar-refractivity contribution in [2.75, 3.05) is 13.4 Å². The summed E-state index contributed by atoms with van der Waals surface area (Å²) in [6.45, 7) is 0. The van der Waals surface area contributed by atoms with Gasteiger partial charge in [0, 0.05) is 5.75 Å². The van der Waals surface area contributed by atoms with Crippen LogP contribution in [0.3, 0.4) is 0 Å². The highest BCUT2D eigenvalue weighted by atomic mass is 32.2. The molecule has 3 aromatic heterocycles. The summed E-state index contributed by atoms with van der Waals surface area (Å²) in [6.07, 6.45) is -2.94. The number of hydrogen-bond donors (Lipinski definition) is 1. The largest absolute Gasteiger partial charge is 0.494 e. The number of para-hydroxylation sites is 1. The summed E-state index contributed by atoms with van der Waals surface area (Å²) in [5, 5.41) is 2.22. The van der Waals surface area contributed by atoms with Crippen molar-refractivity contribution < 1.29 is 22.3 Å². The number of aromatic amines is 1. The first kappa shape index (κ1) is 22.1. The number of fused-ring (bicyclic) bond motifs is 2. The molecule has 5 rings (SSSR count). The molecule has 5 aromatic rings. The Labute approximate surface area is 194 Å². The van der Waals surface area contributed by atoms with E-state index < -0.39 is 17.4 Å². The fourth-order valence-corrected chi connectivity index (χ4v) is 4.33. The number of aromatic nitrogens is 4. The summed E-state index contributed by atoms with van der Waals surface area (Å²) in [7, 11) is 1.48. The van der Waals surface area contributed by atoms with Gasteiger partial charge in [0.05, 0.1) is 18.4 Å². The van der Waals surface area contributed by atoms with E-state index in [1.807, 2.05) is 0 Å². The van der Waals surface area contributed by atoms with E-state index in [1.165, 1.54) is 18.9 Å². The number of oxazole rings is 1. The molecular formula is C23H17F3N4O3S. The Morgan fingerprint density at radius 3 is 2.53 bits per heavy atom. The molecule has 0 aliphatic rings. The number of nitrogens with one attached hydrogen (secondary N) is 1. The predicted octanol–water partition coefficient (Wildman–Crippen LogP) is 5.39. The van der Waals surface area contributed by atoms with Crippen LogP contribution in [0, 0.1) is 0 Å². The lowest BCUT2D eigenvalue weighted by atomic mass is 10.1. The molecule has 0 spiro atoms. The molecule has 0 saturated heterocycles. The third-order valence-electron chi connectivity index (χ3n) is 5.30. The minimum absolute atomic E-state index is 0.0142. The number of benzene rings is 2. The van der Waals surface area contributed by atoms with Gasteiger partial charge in [0.1, 0.15) is 17.0 Å². The molecule has 0 amide bonds. The quantitative estimate of drug-likeness (QED) is 0.359. The number of ether oxygens (including phenoxy) is 1. The van der Waals surface area contributed by atoms with Gasteiger partial charge in [-0.15, -0.1) is 0 Å². The Hall–Kier alpha value is -3.73. The maximum Gasteiger partial charge on any atom is 0.433 e. The maximum absolute atomic E-state index is 14.0. The Balaban J connectivity index is 1.86. The van der Waals surface area contributed by atoms with Crippen LogP contribution >= 0.6 is 11.8 Å². The van der Waals surface area contributed by atoms with Crippen molar-refractivity contribution in [3.63, 3.8) is 0 Å². The minimum Gasteiger partial charge on any atom is -0.494 e. The first-order chi connectivity index (χ1) is 16.3. The molecule has 174 valence electrons. The third-order valence-corrected chi connectivity index (χ3v) is 5.86.